The minimum atomic E-state index is -1.14. The van der Waals surface area contributed by atoms with E-state index in [2.05, 4.69) is 10.3 Å². The highest BCUT2D eigenvalue weighted by Gasteiger charge is 2.22. The predicted molar refractivity (Wildman–Crippen MR) is 96.6 cm³/mol. The van der Waals surface area contributed by atoms with Crippen molar-refractivity contribution in [1.29, 1.82) is 0 Å². The zero-order chi connectivity index (χ0) is 18.4. The molecule has 0 radical (unpaired) electrons. The lowest BCUT2D eigenvalue weighted by molar-refractivity contribution is -0.139. The highest BCUT2D eigenvalue weighted by atomic mass is 16.5. The molecule has 1 atom stereocenters. The minimum Gasteiger partial charge on any atom is -0.480 e. The van der Waals surface area contributed by atoms with Crippen molar-refractivity contribution in [1.82, 2.24) is 10.3 Å². The number of carboxylic acid groups (broad SMARTS) is 1. The van der Waals surface area contributed by atoms with Gasteiger partial charge in [0.2, 0.25) is 0 Å². The molecule has 6 heteroatoms. The first-order valence-corrected chi connectivity index (χ1v) is 8.15. The van der Waals surface area contributed by atoms with Crippen LogP contribution in [0.4, 0.5) is 4.79 Å². The van der Waals surface area contributed by atoms with Gasteiger partial charge in [-0.2, -0.15) is 0 Å². The molecule has 1 amide bonds. The van der Waals surface area contributed by atoms with Crippen LogP contribution in [0.15, 0.2) is 66.9 Å². The summed E-state index contributed by atoms with van der Waals surface area (Å²) in [6, 6.07) is 17.5. The van der Waals surface area contributed by atoms with Crippen molar-refractivity contribution in [3.8, 4) is 0 Å². The maximum atomic E-state index is 11.9. The predicted octanol–water partition coefficient (Wildman–Crippen LogP) is 3.16. The van der Waals surface area contributed by atoms with Gasteiger partial charge in [0.15, 0.2) is 0 Å². The molecule has 0 aliphatic rings. The van der Waals surface area contributed by atoms with Gasteiger partial charge in [-0.15, -0.1) is 0 Å². The SMILES string of the molecule is O=C(N[C@@H](Cc1cc2ccccc2cn1)C(=O)O)OCc1ccccc1. The molecule has 0 aliphatic carbocycles. The Balaban J connectivity index is 1.62. The number of aliphatic carboxylic acids is 1. The summed E-state index contributed by atoms with van der Waals surface area (Å²) in [7, 11) is 0. The third-order valence-corrected chi connectivity index (χ3v) is 3.90. The molecule has 0 saturated heterocycles. The second kappa shape index (κ2) is 8.11. The van der Waals surface area contributed by atoms with E-state index in [0.717, 1.165) is 16.3 Å². The number of rotatable bonds is 6. The van der Waals surface area contributed by atoms with Crippen LogP contribution in [0.1, 0.15) is 11.3 Å². The van der Waals surface area contributed by atoms with E-state index in [1.807, 2.05) is 60.7 Å². The van der Waals surface area contributed by atoms with E-state index >= 15 is 0 Å². The van der Waals surface area contributed by atoms with Gasteiger partial charge in [0, 0.05) is 23.7 Å². The van der Waals surface area contributed by atoms with Gasteiger partial charge in [0.05, 0.1) is 0 Å². The molecule has 0 aliphatic heterocycles. The molecule has 1 aromatic heterocycles. The largest absolute Gasteiger partial charge is 0.480 e. The Labute approximate surface area is 150 Å². The van der Waals surface area contributed by atoms with Crippen LogP contribution in [0.5, 0.6) is 0 Å². The average molecular weight is 350 g/mol. The number of ether oxygens (including phenoxy) is 1. The van der Waals surface area contributed by atoms with Crippen molar-refractivity contribution in [2.45, 2.75) is 19.1 Å². The van der Waals surface area contributed by atoms with Crippen LogP contribution in [0, 0.1) is 0 Å². The number of fused-ring (bicyclic) bond motifs is 1. The normalized spacial score (nSPS) is 11.7. The van der Waals surface area contributed by atoms with Gasteiger partial charge >= 0.3 is 12.1 Å². The minimum absolute atomic E-state index is 0.0700. The fourth-order valence-corrected chi connectivity index (χ4v) is 2.56. The quantitative estimate of drug-likeness (QED) is 0.713. The summed E-state index contributed by atoms with van der Waals surface area (Å²) in [6.45, 7) is 0.0766. The van der Waals surface area contributed by atoms with Crippen LogP contribution in [0.3, 0.4) is 0 Å². The van der Waals surface area contributed by atoms with Crippen LogP contribution < -0.4 is 5.32 Å². The number of carboxylic acids is 1. The van der Waals surface area contributed by atoms with Crippen LogP contribution >= 0.6 is 0 Å². The summed E-state index contributed by atoms with van der Waals surface area (Å²) in [6.07, 6.45) is 0.986. The van der Waals surface area contributed by atoms with Crippen molar-refractivity contribution < 1.29 is 19.4 Å². The molecule has 132 valence electrons. The monoisotopic (exact) mass is 350 g/mol. The Morgan fingerprint density at radius 1 is 1.04 bits per heavy atom. The van der Waals surface area contributed by atoms with Gasteiger partial charge in [0.25, 0.3) is 0 Å². The van der Waals surface area contributed by atoms with E-state index in [-0.39, 0.29) is 13.0 Å². The Hall–Kier alpha value is -3.41. The topological polar surface area (TPSA) is 88.5 Å². The van der Waals surface area contributed by atoms with Crippen LogP contribution in [0.25, 0.3) is 10.8 Å². The molecule has 3 aromatic rings. The van der Waals surface area contributed by atoms with Crippen molar-refractivity contribution in [2.24, 2.45) is 0 Å². The average Bonchev–Trinajstić information content (AvgIpc) is 2.66. The number of hydrogen-bond acceptors (Lipinski definition) is 4. The van der Waals surface area contributed by atoms with E-state index in [1.165, 1.54) is 0 Å². The molecule has 3 rings (SSSR count). The number of hydrogen-bond donors (Lipinski definition) is 2. The molecule has 2 N–H and O–H groups in total. The van der Waals surface area contributed by atoms with Gasteiger partial charge in [-0.25, -0.2) is 9.59 Å². The molecule has 0 fully saturated rings. The fraction of sp³-hybridized carbons (Fsp3) is 0.150. The molecule has 6 nitrogen and oxygen atoms in total. The molecule has 0 spiro atoms. The fourth-order valence-electron chi connectivity index (χ4n) is 2.56. The molecule has 0 saturated carbocycles. The highest BCUT2D eigenvalue weighted by Crippen LogP contribution is 2.14. The van der Waals surface area contributed by atoms with Gasteiger partial charge in [-0.3, -0.25) is 4.98 Å². The van der Waals surface area contributed by atoms with Crippen molar-refractivity contribution >= 4 is 22.8 Å². The standard InChI is InChI=1S/C20H18N2O4/c23-19(24)18(22-20(25)26-13-14-6-2-1-3-7-14)11-17-10-15-8-4-5-9-16(15)12-21-17/h1-10,12,18H,11,13H2,(H,22,25)(H,23,24)/t18-/m0/s1. The summed E-state index contributed by atoms with van der Waals surface area (Å²) < 4.78 is 5.08. The Kier molecular flexibility index (Phi) is 5.43. The lowest BCUT2D eigenvalue weighted by Gasteiger charge is -2.14. The number of nitrogens with one attached hydrogen (secondary N) is 1. The van der Waals surface area contributed by atoms with Crippen molar-refractivity contribution in [3.05, 3.63) is 78.1 Å². The van der Waals surface area contributed by atoms with Crippen molar-refractivity contribution in [3.63, 3.8) is 0 Å². The molecule has 1 heterocycles. The number of pyridine rings is 1. The first-order valence-electron chi connectivity index (χ1n) is 8.15. The van der Waals surface area contributed by atoms with E-state index in [1.54, 1.807) is 6.20 Å². The molecular weight excluding hydrogens is 332 g/mol. The number of amides is 1. The Bertz CT molecular complexity index is 912. The molecule has 26 heavy (non-hydrogen) atoms. The first kappa shape index (κ1) is 17.4. The zero-order valence-corrected chi connectivity index (χ0v) is 14.0. The number of nitrogens with zero attached hydrogens (tertiary/aromatic N) is 1. The van der Waals surface area contributed by atoms with E-state index < -0.39 is 18.1 Å². The maximum absolute atomic E-state index is 11.9. The first-order chi connectivity index (χ1) is 12.6. The summed E-state index contributed by atoms with van der Waals surface area (Å²) in [5.74, 6) is -1.14. The lowest BCUT2D eigenvalue weighted by atomic mass is 10.1. The zero-order valence-electron chi connectivity index (χ0n) is 14.0. The van der Waals surface area contributed by atoms with E-state index in [4.69, 9.17) is 4.74 Å². The summed E-state index contributed by atoms with van der Waals surface area (Å²) >= 11 is 0. The van der Waals surface area contributed by atoms with Crippen LogP contribution in [-0.4, -0.2) is 28.2 Å². The number of aromatic nitrogens is 1. The Morgan fingerprint density at radius 2 is 1.73 bits per heavy atom. The van der Waals surface area contributed by atoms with Gasteiger partial charge < -0.3 is 15.2 Å². The summed E-state index contributed by atoms with van der Waals surface area (Å²) in [5.41, 5.74) is 1.41. The highest BCUT2D eigenvalue weighted by molar-refractivity contribution is 5.83. The lowest BCUT2D eigenvalue weighted by Crippen LogP contribution is -2.42. The van der Waals surface area contributed by atoms with Gasteiger partial charge in [0.1, 0.15) is 12.6 Å². The van der Waals surface area contributed by atoms with Crippen molar-refractivity contribution in [2.75, 3.05) is 0 Å². The third-order valence-electron chi connectivity index (χ3n) is 3.90. The van der Waals surface area contributed by atoms with Gasteiger partial charge in [-0.1, -0.05) is 54.6 Å². The Morgan fingerprint density at radius 3 is 2.46 bits per heavy atom. The molecular formula is C20H18N2O4. The number of carbonyl (C=O) groups excluding carboxylic acids is 1. The number of alkyl carbamates (subject to hydrolysis) is 1. The molecule has 0 bridgehead atoms. The number of carbonyl (C=O) groups is 2. The van der Waals surface area contributed by atoms with E-state index in [9.17, 15) is 14.7 Å². The summed E-state index contributed by atoms with van der Waals surface area (Å²) in [5, 5.41) is 13.7. The van der Waals surface area contributed by atoms with Crippen LogP contribution in [0.2, 0.25) is 0 Å². The maximum Gasteiger partial charge on any atom is 0.408 e. The second-order valence-electron chi connectivity index (χ2n) is 5.82. The smallest absolute Gasteiger partial charge is 0.408 e. The second-order valence-corrected chi connectivity index (χ2v) is 5.82. The van der Waals surface area contributed by atoms with Crippen LogP contribution in [-0.2, 0) is 22.6 Å². The van der Waals surface area contributed by atoms with E-state index in [0.29, 0.717) is 5.69 Å². The van der Waals surface area contributed by atoms with Gasteiger partial charge in [-0.05, 0) is 17.0 Å². The third kappa shape index (κ3) is 4.57. The molecule has 2 aromatic carbocycles. The summed E-state index contributed by atoms with van der Waals surface area (Å²) in [4.78, 5) is 27.7. The molecule has 0 unspecified atom stereocenters. The number of benzene rings is 2.